The third-order valence-electron chi connectivity index (χ3n) is 4.04. The maximum Gasteiger partial charge on any atom is 0.0705 e. The lowest BCUT2D eigenvalue weighted by Gasteiger charge is -2.22. The molecule has 2 atom stereocenters. The van der Waals surface area contributed by atoms with E-state index in [1.54, 1.807) is 0 Å². The SMILES string of the molecule is CCNC(CC(C)CC)c1ccc2nc(C)ccc2c1. The minimum Gasteiger partial charge on any atom is -0.310 e. The highest BCUT2D eigenvalue weighted by atomic mass is 14.9. The van der Waals surface area contributed by atoms with Crippen molar-refractivity contribution in [3.8, 4) is 0 Å². The lowest BCUT2D eigenvalue weighted by atomic mass is 9.93. The maximum absolute atomic E-state index is 4.58. The lowest BCUT2D eigenvalue weighted by Crippen LogP contribution is -2.22. The van der Waals surface area contributed by atoms with Crippen LogP contribution in [0.25, 0.3) is 10.9 Å². The number of aromatic nitrogens is 1. The molecule has 1 N–H and O–H groups in total. The minimum atomic E-state index is 0.445. The van der Waals surface area contributed by atoms with Crippen molar-refractivity contribution in [3.63, 3.8) is 0 Å². The predicted molar refractivity (Wildman–Crippen MR) is 87.0 cm³/mol. The maximum atomic E-state index is 4.58. The summed E-state index contributed by atoms with van der Waals surface area (Å²) in [4.78, 5) is 4.58. The Hall–Kier alpha value is -1.41. The van der Waals surface area contributed by atoms with Crippen LogP contribution in [-0.4, -0.2) is 11.5 Å². The average molecular weight is 270 g/mol. The molecule has 0 aliphatic rings. The van der Waals surface area contributed by atoms with Crippen LogP contribution < -0.4 is 5.32 Å². The van der Waals surface area contributed by atoms with Gasteiger partial charge in [0.05, 0.1) is 5.52 Å². The zero-order valence-electron chi connectivity index (χ0n) is 13.1. The number of pyridine rings is 1. The first-order valence-electron chi connectivity index (χ1n) is 7.74. The van der Waals surface area contributed by atoms with Crippen LogP contribution in [0.3, 0.4) is 0 Å². The molecule has 0 saturated heterocycles. The van der Waals surface area contributed by atoms with E-state index in [1.807, 2.05) is 6.92 Å². The van der Waals surface area contributed by atoms with Gasteiger partial charge in [0, 0.05) is 17.1 Å². The van der Waals surface area contributed by atoms with E-state index in [4.69, 9.17) is 0 Å². The molecule has 0 spiro atoms. The number of nitrogens with one attached hydrogen (secondary N) is 1. The van der Waals surface area contributed by atoms with E-state index in [0.29, 0.717) is 6.04 Å². The molecule has 108 valence electrons. The van der Waals surface area contributed by atoms with Crippen molar-refractivity contribution >= 4 is 10.9 Å². The highest BCUT2D eigenvalue weighted by Gasteiger charge is 2.14. The summed E-state index contributed by atoms with van der Waals surface area (Å²) in [6, 6.07) is 11.4. The van der Waals surface area contributed by atoms with Crippen LogP contribution in [0.15, 0.2) is 30.3 Å². The van der Waals surface area contributed by atoms with Crippen LogP contribution in [0.1, 0.15) is 50.9 Å². The van der Waals surface area contributed by atoms with E-state index in [9.17, 15) is 0 Å². The Labute approximate surface area is 122 Å². The van der Waals surface area contributed by atoms with Gasteiger partial charge in [-0.1, -0.05) is 39.3 Å². The van der Waals surface area contributed by atoms with Crippen LogP contribution in [0.2, 0.25) is 0 Å². The highest BCUT2D eigenvalue weighted by Crippen LogP contribution is 2.25. The van der Waals surface area contributed by atoms with Gasteiger partial charge in [0.2, 0.25) is 0 Å². The second-order valence-electron chi connectivity index (χ2n) is 5.76. The van der Waals surface area contributed by atoms with Crippen LogP contribution in [0.4, 0.5) is 0 Å². The Balaban J connectivity index is 2.30. The molecule has 0 aliphatic carbocycles. The van der Waals surface area contributed by atoms with Crippen LogP contribution >= 0.6 is 0 Å². The van der Waals surface area contributed by atoms with E-state index in [1.165, 1.54) is 23.8 Å². The number of rotatable bonds is 6. The van der Waals surface area contributed by atoms with Crippen LogP contribution in [-0.2, 0) is 0 Å². The summed E-state index contributed by atoms with van der Waals surface area (Å²) < 4.78 is 0. The second-order valence-corrected chi connectivity index (χ2v) is 5.76. The van der Waals surface area contributed by atoms with E-state index < -0.39 is 0 Å². The number of fused-ring (bicyclic) bond motifs is 1. The summed E-state index contributed by atoms with van der Waals surface area (Å²) in [7, 11) is 0. The van der Waals surface area contributed by atoms with Crippen LogP contribution in [0, 0.1) is 12.8 Å². The summed E-state index contributed by atoms with van der Waals surface area (Å²) in [5.74, 6) is 0.742. The van der Waals surface area contributed by atoms with E-state index in [2.05, 4.69) is 61.4 Å². The molecule has 0 radical (unpaired) electrons. The number of hydrogen-bond donors (Lipinski definition) is 1. The van der Waals surface area contributed by atoms with Gasteiger partial charge < -0.3 is 5.32 Å². The fraction of sp³-hybridized carbons (Fsp3) is 0.500. The van der Waals surface area contributed by atoms with Crippen molar-refractivity contribution in [2.75, 3.05) is 6.54 Å². The summed E-state index contributed by atoms with van der Waals surface area (Å²) >= 11 is 0. The zero-order valence-corrected chi connectivity index (χ0v) is 13.1. The largest absolute Gasteiger partial charge is 0.310 e. The van der Waals surface area contributed by atoms with Crippen molar-refractivity contribution < 1.29 is 0 Å². The standard InChI is InChI=1S/C18H26N2/c1-5-13(3)11-18(19-6-2)16-9-10-17-15(12-16)8-7-14(4)20-17/h7-10,12-13,18-19H,5-6,11H2,1-4H3. The molecule has 0 bridgehead atoms. The second kappa shape index (κ2) is 6.85. The van der Waals surface area contributed by atoms with E-state index >= 15 is 0 Å². The molecule has 2 rings (SSSR count). The normalized spacial score (nSPS) is 14.4. The Kier molecular flexibility index (Phi) is 5.13. The van der Waals surface area contributed by atoms with Gasteiger partial charge in [-0.3, -0.25) is 4.98 Å². The van der Waals surface area contributed by atoms with E-state index in [-0.39, 0.29) is 0 Å². The fourth-order valence-electron chi connectivity index (χ4n) is 2.62. The molecule has 0 saturated carbocycles. The van der Waals surface area contributed by atoms with Gasteiger partial charge in [-0.25, -0.2) is 0 Å². The smallest absolute Gasteiger partial charge is 0.0705 e. The van der Waals surface area contributed by atoms with E-state index in [0.717, 1.165) is 23.7 Å². The molecule has 1 aromatic heterocycles. The first-order chi connectivity index (χ1) is 9.63. The van der Waals surface area contributed by atoms with Crippen molar-refractivity contribution in [1.82, 2.24) is 10.3 Å². The molecule has 1 heterocycles. The summed E-state index contributed by atoms with van der Waals surface area (Å²) in [5.41, 5.74) is 3.55. The molecule has 20 heavy (non-hydrogen) atoms. The van der Waals surface area contributed by atoms with Crippen LogP contribution in [0.5, 0.6) is 0 Å². The summed E-state index contributed by atoms with van der Waals surface area (Å²) in [6.45, 7) is 9.82. The molecule has 0 aliphatic heterocycles. The van der Waals surface area contributed by atoms with Gasteiger partial charge in [-0.05, 0) is 49.6 Å². The quantitative estimate of drug-likeness (QED) is 0.827. The average Bonchev–Trinajstić information content (AvgIpc) is 2.46. The number of nitrogens with zero attached hydrogens (tertiary/aromatic N) is 1. The summed E-state index contributed by atoms with van der Waals surface area (Å²) in [6.07, 6.45) is 2.42. The molecule has 2 nitrogen and oxygen atoms in total. The molecule has 0 fully saturated rings. The first-order valence-corrected chi connectivity index (χ1v) is 7.74. The van der Waals surface area contributed by atoms with Gasteiger partial charge in [0.1, 0.15) is 0 Å². The molecular weight excluding hydrogens is 244 g/mol. The number of hydrogen-bond acceptors (Lipinski definition) is 2. The predicted octanol–water partition coefficient (Wildman–Crippen LogP) is 4.63. The molecule has 2 unspecified atom stereocenters. The Morgan fingerprint density at radius 2 is 1.95 bits per heavy atom. The van der Waals surface area contributed by atoms with Gasteiger partial charge in [0.15, 0.2) is 0 Å². The van der Waals surface area contributed by atoms with Gasteiger partial charge in [-0.2, -0.15) is 0 Å². The molecule has 0 amide bonds. The molecule has 2 aromatic rings. The zero-order chi connectivity index (χ0) is 14.5. The third-order valence-corrected chi connectivity index (χ3v) is 4.04. The minimum absolute atomic E-state index is 0.445. The topological polar surface area (TPSA) is 24.9 Å². The van der Waals surface area contributed by atoms with Gasteiger partial charge >= 0.3 is 0 Å². The molecule has 2 heteroatoms. The van der Waals surface area contributed by atoms with Gasteiger partial charge in [-0.15, -0.1) is 0 Å². The Morgan fingerprint density at radius 3 is 2.65 bits per heavy atom. The number of aryl methyl sites for hydroxylation is 1. The molecule has 1 aromatic carbocycles. The third kappa shape index (κ3) is 3.57. The summed E-state index contributed by atoms with van der Waals surface area (Å²) in [5, 5.41) is 4.86. The Bertz CT molecular complexity index is 562. The van der Waals surface area contributed by atoms with Crippen molar-refractivity contribution in [3.05, 3.63) is 41.6 Å². The fourth-order valence-corrected chi connectivity index (χ4v) is 2.62. The molecular formula is C18H26N2. The van der Waals surface area contributed by atoms with Gasteiger partial charge in [0.25, 0.3) is 0 Å². The lowest BCUT2D eigenvalue weighted by molar-refractivity contribution is 0.408. The number of benzene rings is 1. The monoisotopic (exact) mass is 270 g/mol. The highest BCUT2D eigenvalue weighted by molar-refractivity contribution is 5.79. The van der Waals surface area contributed by atoms with Crippen molar-refractivity contribution in [2.45, 2.75) is 46.6 Å². The van der Waals surface area contributed by atoms with Crippen molar-refractivity contribution in [1.29, 1.82) is 0 Å². The van der Waals surface area contributed by atoms with Crippen molar-refractivity contribution in [2.24, 2.45) is 5.92 Å². The Morgan fingerprint density at radius 1 is 1.15 bits per heavy atom. The first kappa shape index (κ1) is 15.0.